The van der Waals surface area contributed by atoms with Crippen molar-refractivity contribution in [3.8, 4) is 5.75 Å². The van der Waals surface area contributed by atoms with Gasteiger partial charge in [0.15, 0.2) is 0 Å². The number of thiophene rings is 1. The van der Waals surface area contributed by atoms with Crippen LogP contribution in [0.1, 0.15) is 34.9 Å². The Bertz CT molecular complexity index is 579. The second kappa shape index (κ2) is 5.65. The fraction of sp³-hybridized carbons (Fsp3) is 0.333. The maximum Gasteiger partial charge on any atom is 0.123 e. The Morgan fingerprint density at radius 1 is 1.42 bits per heavy atom. The summed E-state index contributed by atoms with van der Waals surface area (Å²) in [6.45, 7) is 0.586. The van der Waals surface area contributed by atoms with Crippen LogP contribution < -0.4 is 4.74 Å². The van der Waals surface area contributed by atoms with E-state index in [9.17, 15) is 5.11 Å². The molecular weight excluding hydrogens is 324 g/mol. The fourth-order valence-electron chi connectivity index (χ4n) is 2.50. The molecule has 1 aromatic heterocycles. The van der Waals surface area contributed by atoms with E-state index in [2.05, 4.69) is 27.4 Å². The van der Waals surface area contributed by atoms with E-state index in [1.54, 1.807) is 11.3 Å². The maximum absolute atomic E-state index is 10.0. The van der Waals surface area contributed by atoms with Crippen LogP contribution in [0.15, 0.2) is 34.1 Å². The minimum atomic E-state index is -0.330. The third-order valence-corrected chi connectivity index (χ3v) is 5.10. The van der Waals surface area contributed by atoms with Gasteiger partial charge in [-0.25, -0.2) is 0 Å². The summed E-state index contributed by atoms with van der Waals surface area (Å²) in [6.07, 6.45) is 2.55. The van der Waals surface area contributed by atoms with E-state index in [4.69, 9.17) is 4.74 Å². The summed E-state index contributed by atoms with van der Waals surface area (Å²) in [5, 5.41) is 12.1. The van der Waals surface area contributed by atoms with Gasteiger partial charge in [-0.15, -0.1) is 11.3 Å². The van der Waals surface area contributed by atoms with Crippen molar-refractivity contribution >= 4 is 27.3 Å². The van der Waals surface area contributed by atoms with Gasteiger partial charge in [0.25, 0.3) is 0 Å². The van der Waals surface area contributed by atoms with Gasteiger partial charge in [0.05, 0.1) is 6.10 Å². The van der Waals surface area contributed by atoms with Gasteiger partial charge in [0.2, 0.25) is 0 Å². The number of hydrogen-bond donors (Lipinski definition) is 1. The first-order valence-corrected chi connectivity index (χ1v) is 8.07. The van der Waals surface area contributed by atoms with Crippen LogP contribution in [-0.2, 0) is 13.0 Å². The smallest absolute Gasteiger partial charge is 0.123 e. The van der Waals surface area contributed by atoms with Crippen LogP contribution in [0, 0.1) is 0 Å². The van der Waals surface area contributed by atoms with E-state index in [1.807, 2.05) is 18.2 Å². The summed E-state index contributed by atoms with van der Waals surface area (Å²) < 4.78 is 7.03. The predicted molar refractivity (Wildman–Crippen MR) is 80.7 cm³/mol. The van der Waals surface area contributed by atoms with Crippen LogP contribution in [-0.4, -0.2) is 5.11 Å². The van der Waals surface area contributed by atoms with E-state index < -0.39 is 0 Å². The molecule has 0 saturated heterocycles. The van der Waals surface area contributed by atoms with Crippen LogP contribution in [0.25, 0.3) is 0 Å². The average Bonchev–Trinajstić information content (AvgIpc) is 2.83. The van der Waals surface area contributed by atoms with Crippen molar-refractivity contribution in [3.05, 3.63) is 50.1 Å². The average molecular weight is 339 g/mol. The molecule has 0 amide bonds. The minimum Gasteiger partial charge on any atom is -0.488 e. The third kappa shape index (κ3) is 2.86. The van der Waals surface area contributed by atoms with E-state index >= 15 is 0 Å². The molecule has 0 spiro atoms. The Morgan fingerprint density at radius 3 is 3.11 bits per heavy atom. The Morgan fingerprint density at radius 2 is 2.32 bits per heavy atom. The highest BCUT2D eigenvalue weighted by atomic mass is 79.9. The van der Waals surface area contributed by atoms with Gasteiger partial charge in [0, 0.05) is 14.7 Å². The van der Waals surface area contributed by atoms with Gasteiger partial charge < -0.3 is 9.84 Å². The quantitative estimate of drug-likeness (QED) is 0.895. The van der Waals surface area contributed by atoms with Gasteiger partial charge >= 0.3 is 0 Å². The monoisotopic (exact) mass is 338 g/mol. The zero-order chi connectivity index (χ0) is 13.2. The minimum absolute atomic E-state index is 0.330. The molecule has 0 saturated carbocycles. The first-order valence-electron chi connectivity index (χ1n) is 6.39. The van der Waals surface area contributed by atoms with Crippen molar-refractivity contribution in [2.45, 2.75) is 32.0 Å². The second-order valence-electron chi connectivity index (χ2n) is 4.75. The van der Waals surface area contributed by atoms with Gasteiger partial charge in [0.1, 0.15) is 12.4 Å². The van der Waals surface area contributed by atoms with E-state index in [0.29, 0.717) is 6.61 Å². The summed E-state index contributed by atoms with van der Waals surface area (Å²) >= 11 is 5.13. The molecule has 1 heterocycles. The first-order chi connectivity index (χ1) is 9.24. The molecule has 19 heavy (non-hydrogen) atoms. The highest BCUT2D eigenvalue weighted by Gasteiger charge is 2.20. The third-order valence-electron chi connectivity index (χ3n) is 3.42. The van der Waals surface area contributed by atoms with E-state index in [1.165, 1.54) is 10.4 Å². The van der Waals surface area contributed by atoms with E-state index in [0.717, 1.165) is 35.0 Å². The van der Waals surface area contributed by atoms with Crippen LogP contribution in [0.4, 0.5) is 0 Å². The molecule has 2 nitrogen and oxygen atoms in total. The summed E-state index contributed by atoms with van der Waals surface area (Å²) in [4.78, 5) is 1.20. The number of fused-ring (bicyclic) bond motifs is 1. The maximum atomic E-state index is 10.0. The Kier molecular flexibility index (Phi) is 3.91. The SMILES string of the molecule is OC1CCCc2c(OCc3cc(Br)cs3)cccc21. The van der Waals surface area contributed by atoms with Crippen molar-refractivity contribution in [1.29, 1.82) is 0 Å². The Balaban J connectivity index is 1.79. The molecule has 100 valence electrons. The van der Waals surface area contributed by atoms with Crippen LogP contribution >= 0.6 is 27.3 Å². The molecule has 3 rings (SSSR count). The highest BCUT2D eigenvalue weighted by molar-refractivity contribution is 9.10. The predicted octanol–water partition coefficient (Wildman–Crippen LogP) is 4.46. The van der Waals surface area contributed by atoms with E-state index in [-0.39, 0.29) is 6.10 Å². The lowest BCUT2D eigenvalue weighted by Gasteiger charge is -2.23. The number of halogens is 1. The van der Waals surface area contributed by atoms with Gasteiger partial charge in [-0.2, -0.15) is 0 Å². The first kappa shape index (κ1) is 13.2. The van der Waals surface area contributed by atoms with Gasteiger partial charge in [-0.05, 0) is 58.5 Å². The number of hydrogen-bond acceptors (Lipinski definition) is 3. The topological polar surface area (TPSA) is 29.5 Å². The van der Waals surface area contributed by atoms with Crippen LogP contribution in [0.5, 0.6) is 5.75 Å². The summed E-state index contributed by atoms with van der Waals surface area (Å²) in [7, 11) is 0. The van der Waals surface area contributed by atoms with Crippen LogP contribution in [0.3, 0.4) is 0 Å². The van der Waals surface area contributed by atoms with Crippen molar-refractivity contribution in [2.24, 2.45) is 0 Å². The molecule has 1 aromatic carbocycles. The molecule has 1 unspecified atom stereocenters. The van der Waals surface area contributed by atoms with Crippen molar-refractivity contribution in [2.75, 3.05) is 0 Å². The second-order valence-corrected chi connectivity index (χ2v) is 6.66. The number of aliphatic hydroxyl groups is 1. The molecule has 0 fully saturated rings. The lowest BCUT2D eigenvalue weighted by molar-refractivity contribution is 0.155. The van der Waals surface area contributed by atoms with Crippen molar-refractivity contribution in [1.82, 2.24) is 0 Å². The fourth-order valence-corrected chi connectivity index (χ4v) is 3.87. The highest BCUT2D eigenvalue weighted by Crippen LogP contribution is 2.35. The van der Waals surface area contributed by atoms with Gasteiger partial charge in [-0.1, -0.05) is 12.1 Å². The molecular formula is C15H15BrO2S. The summed E-state index contributed by atoms with van der Waals surface area (Å²) in [5.41, 5.74) is 2.22. The summed E-state index contributed by atoms with van der Waals surface area (Å²) in [5.74, 6) is 0.917. The molecule has 0 bridgehead atoms. The van der Waals surface area contributed by atoms with Crippen molar-refractivity contribution < 1.29 is 9.84 Å². The number of ether oxygens (including phenoxy) is 1. The summed E-state index contributed by atoms with van der Waals surface area (Å²) in [6, 6.07) is 8.05. The normalized spacial score (nSPS) is 18.1. The number of aliphatic hydroxyl groups excluding tert-OH is 1. The largest absolute Gasteiger partial charge is 0.488 e. The lowest BCUT2D eigenvalue weighted by Crippen LogP contribution is -2.10. The Hall–Kier alpha value is -0.840. The zero-order valence-corrected chi connectivity index (χ0v) is 12.8. The number of rotatable bonds is 3. The van der Waals surface area contributed by atoms with Gasteiger partial charge in [-0.3, -0.25) is 0 Å². The lowest BCUT2D eigenvalue weighted by atomic mass is 9.89. The van der Waals surface area contributed by atoms with Crippen molar-refractivity contribution in [3.63, 3.8) is 0 Å². The molecule has 0 aliphatic heterocycles. The molecule has 1 aliphatic carbocycles. The molecule has 1 atom stereocenters. The standard InChI is InChI=1S/C15H15BrO2S/c16-10-7-11(19-9-10)8-18-15-6-2-3-12-13(15)4-1-5-14(12)17/h2-3,6-7,9,14,17H,1,4-5,8H2. The molecule has 2 aromatic rings. The molecule has 1 aliphatic rings. The Labute approximate surface area is 125 Å². The number of benzene rings is 1. The molecule has 1 N–H and O–H groups in total. The molecule has 0 radical (unpaired) electrons. The zero-order valence-electron chi connectivity index (χ0n) is 10.4. The molecule has 4 heteroatoms. The van der Waals surface area contributed by atoms with Crippen LogP contribution in [0.2, 0.25) is 0 Å².